The SMILES string of the molecule is CC1(C)c2cc(N(C3=CCCC=C3)c3ccc4ccccc4c3)ccc2-c2cc3c(cc21)cc(N(c1ccccc1)c1ccc2ccccc2c1)c1ccccc13. The Balaban J connectivity index is 1.08. The van der Waals surface area contributed by atoms with Gasteiger partial charge in [-0.1, -0.05) is 135 Å². The van der Waals surface area contributed by atoms with Crippen molar-refractivity contribution in [2.45, 2.75) is 32.1 Å². The van der Waals surface area contributed by atoms with Crippen LogP contribution in [0.5, 0.6) is 0 Å². The minimum Gasteiger partial charge on any atom is -0.311 e. The van der Waals surface area contributed by atoms with E-state index >= 15 is 0 Å². The van der Waals surface area contributed by atoms with E-state index in [1.807, 2.05) is 0 Å². The zero-order chi connectivity index (χ0) is 38.1. The second-order valence-corrected chi connectivity index (χ2v) is 16.1. The van der Waals surface area contributed by atoms with Crippen LogP contribution >= 0.6 is 0 Å². The second-order valence-electron chi connectivity index (χ2n) is 16.1. The maximum absolute atomic E-state index is 2.48. The smallest absolute Gasteiger partial charge is 0.0546 e. The van der Waals surface area contributed by atoms with E-state index in [0.717, 1.165) is 24.2 Å². The summed E-state index contributed by atoms with van der Waals surface area (Å²) in [7, 11) is 0. The predicted octanol–water partition coefficient (Wildman–Crippen LogP) is 15.4. The fraction of sp³-hybridized carbons (Fsp3) is 0.0909. The van der Waals surface area contributed by atoms with Crippen LogP contribution in [0.15, 0.2) is 200 Å². The van der Waals surface area contributed by atoms with Gasteiger partial charge in [-0.2, -0.15) is 0 Å². The highest BCUT2D eigenvalue weighted by atomic mass is 15.2. The quantitative estimate of drug-likeness (QED) is 0.157. The molecule has 11 rings (SSSR count). The summed E-state index contributed by atoms with van der Waals surface area (Å²) in [6.45, 7) is 4.81. The van der Waals surface area contributed by atoms with Gasteiger partial charge in [0.15, 0.2) is 0 Å². The first-order valence-electron chi connectivity index (χ1n) is 20.2. The Morgan fingerprint density at radius 2 is 1.00 bits per heavy atom. The van der Waals surface area contributed by atoms with E-state index in [1.54, 1.807) is 0 Å². The molecule has 2 heteroatoms. The van der Waals surface area contributed by atoms with Crippen LogP contribution in [0.2, 0.25) is 0 Å². The van der Waals surface area contributed by atoms with Gasteiger partial charge in [0.25, 0.3) is 0 Å². The lowest BCUT2D eigenvalue weighted by Gasteiger charge is -2.30. The summed E-state index contributed by atoms with van der Waals surface area (Å²) in [6, 6.07) is 65.2. The summed E-state index contributed by atoms with van der Waals surface area (Å²) in [6.07, 6.45) is 9.10. The van der Waals surface area contributed by atoms with Crippen molar-refractivity contribution in [2.24, 2.45) is 0 Å². The highest BCUT2D eigenvalue weighted by Crippen LogP contribution is 2.53. The first-order valence-corrected chi connectivity index (χ1v) is 20.2. The van der Waals surface area contributed by atoms with Gasteiger partial charge in [0, 0.05) is 39.2 Å². The molecule has 9 aromatic rings. The van der Waals surface area contributed by atoms with E-state index in [4.69, 9.17) is 0 Å². The molecule has 2 nitrogen and oxygen atoms in total. The zero-order valence-corrected chi connectivity index (χ0v) is 32.3. The lowest BCUT2D eigenvalue weighted by molar-refractivity contribution is 0.661. The van der Waals surface area contributed by atoms with Gasteiger partial charge in [0.1, 0.15) is 0 Å². The topological polar surface area (TPSA) is 6.48 Å². The van der Waals surface area contributed by atoms with Gasteiger partial charge in [-0.15, -0.1) is 0 Å². The van der Waals surface area contributed by atoms with E-state index in [0.29, 0.717) is 0 Å². The lowest BCUT2D eigenvalue weighted by atomic mass is 9.81. The van der Waals surface area contributed by atoms with Crippen molar-refractivity contribution in [2.75, 3.05) is 9.80 Å². The summed E-state index contributed by atoms with van der Waals surface area (Å²) >= 11 is 0. The molecule has 0 radical (unpaired) electrons. The number of rotatable bonds is 6. The monoisotopic (exact) mass is 730 g/mol. The number of anilines is 5. The van der Waals surface area contributed by atoms with Crippen molar-refractivity contribution < 1.29 is 0 Å². The maximum Gasteiger partial charge on any atom is 0.0546 e. The van der Waals surface area contributed by atoms with E-state index in [1.165, 1.54) is 88.1 Å². The Bertz CT molecular complexity index is 3110. The van der Waals surface area contributed by atoms with Gasteiger partial charge in [-0.05, 0) is 146 Å². The van der Waals surface area contributed by atoms with Gasteiger partial charge in [-0.3, -0.25) is 0 Å². The lowest BCUT2D eigenvalue weighted by Crippen LogP contribution is -2.19. The predicted molar refractivity (Wildman–Crippen MR) is 244 cm³/mol. The van der Waals surface area contributed by atoms with Crippen LogP contribution in [0.1, 0.15) is 37.8 Å². The van der Waals surface area contributed by atoms with Crippen LogP contribution in [0.4, 0.5) is 28.4 Å². The van der Waals surface area contributed by atoms with Crippen LogP contribution in [0, 0.1) is 0 Å². The number of para-hydroxylation sites is 1. The molecule has 2 aliphatic rings. The summed E-state index contributed by atoms with van der Waals surface area (Å²) in [5, 5.41) is 10.00. The van der Waals surface area contributed by atoms with Crippen molar-refractivity contribution in [1.82, 2.24) is 0 Å². The van der Waals surface area contributed by atoms with Gasteiger partial charge < -0.3 is 9.80 Å². The van der Waals surface area contributed by atoms with E-state index in [9.17, 15) is 0 Å². The Kier molecular flexibility index (Phi) is 7.69. The third kappa shape index (κ3) is 5.47. The first-order chi connectivity index (χ1) is 28.0. The first kappa shape index (κ1) is 33.4. The number of hydrogen-bond acceptors (Lipinski definition) is 2. The molecule has 0 spiro atoms. The van der Waals surface area contributed by atoms with Crippen LogP contribution in [0.3, 0.4) is 0 Å². The van der Waals surface area contributed by atoms with Gasteiger partial charge >= 0.3 is 0 Å². The van der Waals surface area contributed by atoms with Crippen LogP contribution < -0.4 is 9.80 Å². The molecular formula is C55H42N2. The molecule has 0 heterocycles. The molecule has 9 aromatic carbocycles. The standard InChI is InChI=1S/C55H42N2/c1-55(2)52-33-41-34-54(57(43-21-7-4-8-22-43)45-28-26-38-16-10-12-18-40(38)32-45)49-24-14-13-23-47(49)50(41)36-51(52)48-30-29-46(35-53(48)55)56(42-19-5-3-6-20-42)44-27-25-37-15-9-11-17-39(37)31-44/h4-5,7-36H,3,6H2,1-2H3. The largest absolute Gasteiger partial charge is 0.311 e. The number of allylic oxidation sites excluding steroid dienone is 3. The normalized spacial score (nSPS) is 14.2. The fourth-order valence-electron chi connectivity index (χ4n) is 9.48. The minimum absolute atomic E-state index is 0.204. The fourth-order valence-corrected chi connectivity index (χ4v) is 9.48. The van der Waals surface area contributed by atoms with Crippen molar-refractivity contribution in [3.8, 4) is 11.1 Å². The van der Waals surface area contributed by atoms with E-state index < -0.39 is 0 Å². The number of benzene rings is 9. The van der Waals surface area contributed by atoms with E-state index in [-0.39, 0.29) is 5.41 Å². The van der Waals surface area contributed by atoms with E-state index in [2.05, 4.69) is 218 Å². The summed E-state index contributed by atoms with van der Waals surface area (Å²) in [4.78, 5) is 4.88. The summed E-state index contributed by atoms with van der Waals surface area (Å²) < 4.78 is 0. The van der Waals surface area contributed by atoms with Crippen molar-refractivity contribution in [3.05, 3.63) is 211 Å². The van der Waals surface area contributed by atoms with Crippen molar-refractivity contribution in [3.63, 3.8) is 0 Å². The highest BCUT2D eigenvalue weighted by molar-refractivity contribution is 6.16. The molecule has 57 heavy (non-hydrogen) atoms. The molecule has 0 aliphatic heterocycles. The maximum atomic E-state index is 2.48. The average molecular weight is 731 g/mol. The third-order valence-electron chi connectivity index (χ3n) is 12.3. The second kappa shape index (κ2) is 13.1. The molecule has 0 fully saturated rings. The molecule has 0 bridgehead atoms. The molecule has 0 aromatic heterocycles. The number of nitrogens with zero attached hydrogens (tertiary/aromatic N) is 2. The highest BCUT2D eigenvalue weighted by Gasteiger charge is 2.37. The molecule has 0 saturated carbocycles. The Morgan fingerprint density at radius 3 is 1.70 bits per heavy atom. The van der Waals surface area contributed by atoms with Gasteiger partial charge in [-0.25, -0.2) is 0 Å². The number of hydrogen-bond donors (Lipinski definition) is 0. The van der Waals surface area contributed by atoms with Crippen molar-refractivity contribution >= 4 is 71.5 Å². The summed E-state index contributed by atoms with van der Waals surface area (Å²) in [5.41, 5.74) is 12.2. The zero-order valence-electron chi connectivity index (χ0n) is 32.3. The summed E-state index contributed by atoms with van der Waals surface area (Å²) in [5.74, 6) is 0. The average Bonchev–Trinajstić information content (AvgIpc) is 3.48. The molecule has 0 atom stereocenters. The molecule has 0 unspecified atom stereocenters. The number of fused-ring (bicyclic) bond motifs is 8. The molecular weight excluding hydrogens is 689 g/mol. The van der Waals surface area contributed by atoms with Crippen LogP contribution in [-0.2, 0) is 5.41 Å². The Labute approximate surface area is 334 Å². The molecule has 0 N–H and O–H groups in total. The molecule has 0 amide bonds. The molecule has 272 valence electrons. The minimum atomic E-state index is -0.204. The van der Waals surface area contributed by atoms with Crippen LogP contribution in [-0.4, -0.2) is 0 Å². The third-order valence-corrected chi connectivity index (χ3v) is 12.3. The molecule has 2 aliphatic carbocycles. The van der Waals surface area contributed by atoms with Crippen molar-refractivity contribution in [1.29, 1.82) is 0 Å². The van der Waals surface area contributed by atoms with Gasteiger partial charge in [0.2, 0.25) is 0 Å². The van der Waals surface area contributed by atoms with Crippen LogP contribution in [0.25, 0.3) is 54.2 Å². The Morgan fingerprint density at radius 1 is 0.404 bits per heavy atom. The van der Waals surface area contributed by atoms with Gasteiger partial charge in [0.05, 0.1) is 5.69 Å². The Hall–Kier alpha value is -6.90. The molecule has 0 saturated heterocycles.